The average Bonchev–Trinajstić information content (AvgIpc) is 2.66. The Morgan fingerprint density at radius 1 is 1.53 bits per heavy atom. The first kappa shape index (κ1) is 14.3. The predicted octanol–water partition coefficient (Wildman–Crippen LogP) is 2.71. The molecule has 96 valence electrons. The third-order valence-electron chi connectivity index (χ3n) is 2.58. The number of carbonyl (C=O) groups is 1. The highest BCUT2D eigenvalue weighted by Gasteiger charge is 2.20. The number of hydrogen-bond donors (Lipinski definition) is 1. The van der Waals surface area contributed by atoms with Crippen molar-refractivity contribution in [2.75, 3.05) is 0 Å². The van der Waals surface area contributed by atoms with Crippen LogP contribution in [0.5, 0.6) is 0 Å². The first-order chi connectivity index (χ1) is 7.84. The summed E-state index contributed by atoms with van der Waals surface area (Å²) in [5.41, 5.74) is 1.02. The SMILES string of the molecule is CCCC(O)C(=O)Cc1nc(C(C)(C)C)cs1. The third kappa shape index (κ3) is 4.21. The van der Waals surface area contributed by atoms with Crippen molar-refractivity contribution in [2.24, 2.45) is 0 Å². The van der Waals surface area contributed by atoms with E-state index in [4.69, 9.17) is 0 Å². The Balaban J connectivity index is 2.64. The Morgan fingerprint density at radius 2 is 2.18 bits per heavy atom. The Bertz CT molecular complexity index is 379. The molecule has 1 unspecified atom stereocenters. The lowest BCUT2D eigenvalue weighted by Gasteiger charge is -2.14. The molecule has 0 saturated carbocycles. The van der Waals surface area contributed by atoms with Crippen LogP contribution in [0.25, 0.3) is 0 Å². The van der Waals surface area contributed by atoms with E-state index in [1.165, 1.54) is 11.3 Å². The molecule has 0 amide bonds. The third-order valence-corrected chi connectivity index (χ3v) is 3.43. The smallest absolute Gasteiger partial charge is 0.168 e. The highest BCUT2D eigenvalue weighted by molar-refractivity contribution is 7.09. The van der Waals surface area contributed by atoms with E-state index in [1.807, 2.05) is 12.3 Å². The van der Waals surface area contributed by atoms with E-state index >= 15 is 0 Å². The summed E-state index contributed by atoms with van der Waals surface area (Å²) in [5.74, 6) is -0.123. The molecule has 1 heterocycles. The summed E-state index contributed by atoms with van der Waals surface area (Å²) < 4.78 is 0. The van der Waals surface area contributed by atoms with Crippen LogP contribution in [0, 0.1) is 0 Å². The maximum Gasteiger partial charge on any atom is 0.168 e. The van der Waals surface area contributed by atoms with Crippen molar-refractivity contribution in [3.05, 3.63) is 16.1 Å². The van der Waals surface area contributed by atoms with Crippen molar-refractivity contribution >= 4 is 17.1 Å². The molecule has 0 radical (unpaired) electrons. The Kier molecular flexibility index (Phi) is 4.83. The van der Waals surface area contributed by atoms with Gasteiger partial charge in [-0.15, -0.1) is 11.3 Å². The summed E-state index contributed by atoms with van der Waals surface area (Å²) in [5, 5.41) is 12.4. The molecule has 1 atom stereocenters. The highest BCUT2D eigenvalue weighted by Crippen LogP contribution is 2.24. The van der Waals surface area contributed by atoms with Gasteiger partial charge in [0.05, 0.1) is 12.1 Å². The van der Waals surface area contributed by atoms with Gasteiger partial charge in [-0.2, -0.15) is 0 Å². The average molecular weight is 255 g/mol. The van der Waals surface area contributed by atoms with Crippen LogP contribution in [0.15, 0.2) is 5.38 Å². The van der Waals surface area contributed by atoms with E-state index in [9.17, 15) is 9.90 Å². The molecule has 1 aromatic rings. The molecule has 4 heteroatoms. The minimum absolute atomic E-state index is 0.0137. The highest BCUT2D eigenvalue weighted by atomic mass is 32.1. The predicted molar refractivity (Wildman–Crippen MR) is 70.4 cm³/mol. The number of aliphatic hydroxyl groups excluding tert-OH is 1. The normalized spacial score (nSPS) is 13.7. The molecule has 1 N–H and O–H groups in total. The molecule has 0 spiro atoms. The Morgan fingerprint density at radius 3 is 2.65 bits per heavy atom. The number of rotatable bonds is 5. The second-order valence-electron chi connectivity index (χ2n) is 5.32. The van der Waals surface area contributed by atoms with Crippen molar-refractivity contribution in [1.29, 1.82) is 0 Å². The van der Waals surface area contributed by atoms with Gasteiger partial charge in [0.1, 0.15) is 11.1 Å². The minimum atomic E-state index is -0.831. The number of Topliss-reactive ketones (excluding diaryl/α,β-unsaturated/α-hetero) is 1. The molecule has 0 fully saturated rings. The van der Waals surface area contributed by atoms with E-state index in [0.29, 0.717) is 6.42 Å². The molecule has 3 nitrogen and oxygen atoms in total. The van der Waals surface area contributed by atoms with Crippen molar-refractivity contribution < 1.29 is 9.90 Å². The van der Waals surface area contributed by atoms with Crippen LogP contribution in [0.1, 0.15) is 51.2 Å². The van der Waals surface area contributed by atoms with Crippen LogP contribution in [0.3, 0.4) is 0 Å². The second kappa shape index (κ2) is 5.74. The molecule has 0 aliphatic heterocycles. The maximum atomic E-state index is 11.7. The molecule has 1 rings (SSSR count). The summed E-state index contributed by atoms with van der Waals surface area (Å²) in [4.78, 5) is 16.1. The minimum Gasteiger partial charge on any atom is -0.385 e. The van der Waals surface area contributed by atoms with E-state index in [-0.39, 0.29) is 17.6 Å². The fourth-order valence-corrected chi connectivity index (χ4v) is 2.47. The summed E-state index contributed by atoms with van der Waals surface area (Å²) in [6.07, 6.45) is 0.776. The molecule has 0 saturated heterocycles. The van der Waals surface area contributed by atoms with E-state index in [1.54, 1.807) is 0 Å². The second-order valence-corrected chi connectivity index (χ2v) is 6.27. The molecule has 1 aromatic heterocycles. The number of nitrogens with zero attached hydrogens (tertiary/aromatic N) is 1. The number of aliphatic hydroxyl groups is 1. The van der Waals surface area contributed by atoms with Crippen LogP contribution in [-0.4, -0.2) is 22.0 Å². The van der Waals surface area contributed by atoms with Crippen molar-refractivity contribution in [3.63, 3.8) is 0 Å². The Hall–Kier alpha value is -0.740. The lowest BCUT2D eigenvalue weighted by Crippen LogP contribution is -2.22. The van der Waals surface area contributed by atoms with Gasteiger partial charge in [0.25, 0.3) is 0 Å². The van der Waals surface area contributed by atoms with Gasteiger partial charge in [-0.25, -0.2) is 4.98 Å². The topological polar surface area (TPSA) is 50.2 Å². The van der Waals surface area contributed by atoms with Gasteiger partial charge in [-0.05, 0) is 6.42 Å². The van der Waals surface area contributed by atoms with Gasteiger partial charge >= 0.3 is 0 Å². The quantitative estimate of drug-likeness (QED) is 0.880. The fourth-order valence-electron chi connectivity index (χ4n) is 1.44. The maximum absolute atomic E-state index is 11.7. The first-order valence-electron chi connectivity index (χ1n) is 6.00. The number of aromatic nitrogens is 1. The molecule has 0 aliphatic carbocycles. The summed E-state index contributed by atoms with van der Waals surface area (Å²) in [6, 6.07) is 0. The van der Waals surface area contributed by atoms with Gasteiger partial charge < -0.3 is 5.11 Å². The monoisotopic (exact) mass is 255 g/mol. The van der Waals surface area contributed by atoms with Gasteiger partial charge in [-0.3, -0.25) is 4.79 Å². The number of thiazole rings is 1. The molecule has 0 bridgehead atoms. The number of hydrogen-bond acceptors (Lipinski definition) is 4. The van der Waals surface area contributed by atoms with E-state index < -0.39 is 6.10 Å². The molecular formula is C13H21NO2S. The van der Waals surface area contributed by atoms with Crippen LogP contribution < -0.4 is 0 Å². The van der Waals surface area contributed by atoms with Crippen LogP contribution in [-0.2, 0) is 16.6 Å². The number of ketones is 1. The zero-order valence-electron chi connectivity index (χ0n) is 11.0. The summed E-state index contributed by atoms with van der Waals surface area (Å²) in [7, 11) is 0. The molecule has 17 heavy (non-hydrogen) atoms. The van der Waals surface area contributed by atoms with Crippen LogP contribution in [0.2, 0.25) is 0 Å². The largest absolute Gasteiger partial charge is 0.385 e. The Labute approximate surface area is 107 Å². The standard InChI is InChI=1S/C13H21NO2S/c1-5-6-9(15)10(16)7-12-14-11(8-17-12)13(2,3)4/h8-9,15H,5-7H2,1-4H3. The molecular weight excluding hydrogens is 234 g/mol. The van der Waals surface area contributed by atoms with Crippen LogP contribution >= 0.6 is 11.3 Å². The first-order valence-corrected chi connectivity index (χ1v) is 6.88. The van der Waals surface area contributed by atoms with Gasteiger partial charge in [0, 0.05) is 10.8 Å². The fraction of sp³-hybridized carbons (Fsp3) is 0.692. The number of carbonyl (C=O) groups excluding carboxylic acids is 1. The van der Waals surface area contributed by atoms with Gasteiger partial charge in [0.2, 0.25) is 0 Å². The zero-order chi connectivity index (χ0) is 13.1. The van der Waals surface area contributed by atoms with Gasteiger partial charge in [0.15, 0.2) is 5.78 Å². The van der Waals surface area contributed by atoms with E-state index in [2.05, 4.69) is 25.8 Å². The molecule has 0 aliphatic rings. The van der Waals surface area contributed by atoms with Gasteiger partial charge in [-0.1, -0.05) is 34.1 Å². The lowest BCUT2D eigenvalue weighted by atomic mass is 9.93. The molecule has 0 aromatic carbocycles. The van der Waals surface area contributed by atoms with Crippen molar-refractivity contribution in [2.45, 2.75) is 58.5 Å². The summed E-state index contributed by atoms with van der Waals surface area (Å²) >= 11 is 1.50. The zero-order valence-corrected chi connectivity index (χ0v) is 11.8. The summed E-state index contributed by atoms with van der Waals surface area (Å²) in [6.45, 7) is 8.25. The van der Waals surface area contributed by atoms with Crippen molar-refractivity contribution in [1.82, 2.24) is 4.98 Å². The van der Waals surface area contributed by atoms with Crippen molar-refractivity contribution in [3.8, 4) is 0 Å². The van der Waals surface area contributed by atoms with E-state index in [0.717, 1.165) is 17.1 Å². The van der Waals surface area contributed by atoms with Crippen LogP contribution in [0.4, 0.5) is 0 Å². The lowest BCUT2D eigenvalue weighted by molar-refractivity contribution is -0.126.